The monoisotopic (exact) mass is 495 g/mol. The molecule has 0 heterocycles. The van der Waals surface area contributed by atoms with E-state index in [4.69, 9.17) is 0 Å². The van der Waals surface area contributed by atoms with Gasteiger partial charge in [-0.3, -0.25) is 13.9 Å². The maximum atomic E-state index is 13.8. The van der Waals surface area contributed by atoms with Crippen LogP contribution in [0.2, 0.25) is 0 Å². The van der Waals surface area contributed by atoms with Crippen LogP contribution in [0.4, 0.5) is 14.5 Å². The van der Waals surface area contributed by atoms with Crippen molar-refractivity contribution in [3.63, 3.8) is 0 Å². The van der Waals surface area contributed by atoms with Crippen molar-refractivity contribution in [1.29, 1.82) is 0 Å². The van der Waals surface area contributed by atoms with Gasteiger partial charge in [-0.25, -0.2) is 17.2 Å². The maximum Gasteiger partial charge on any atom is 0.244 e. The number of carbonyl (C=O) groups excluding carboxylic acids is 2. The van der Waals surface area contributed by atoms with E-state index in [2.05, 4.69) is 5.32 Å². The third-order valence-corrected chi connectivity index (χ3v) is 6.65. The molecule has 2 amide bonds. The average molecular weight is 496 g/mol. The standard InChI is InChI=1S/C24H31F2N3O4S/c1-6-17(3)27-24(31)18(4)28(14-19-9-7-16(2)8-10-19)23(30)15-29(34(5,32)33)20-11-12-21(25)22(26)13-20/h7-13,17-18H,6,14-15H2,1-5H3,(H,27,31). The van der Waals surface area contributed by atoms with Gasteiger partial charge in [-0.1, -0.05) is 36.8 Å². The van der Waals surface area contributed by atoms with Crippen LogP contribution in [0.1, 0.15) is 38.3 Å². The van der Waals surface area contributed by atoms with Crippen LogP contribution in [0.15, 0.2) is 42.5 Å². The number of anilines is 1. The van der Waals surface area contributed by atoms with E-state index >= 15 is 0 Å². The zero-order valence-electron chi connectivity index (χ0n) is 20.0. The van der Waals surface area contributed by atoms with E-state index < -0.39 is 40.2 Å². The number of hydrogen-bond acceptors (Lipinski definition) is 4. The predicted octanol–water partition coefficient (Wildman–Crippen LogP) is 3.37. The average Bonchev–Trinajstić information content (AvgIpc) is 2.77. The highest BCUT2D eigenvalue weighted by molar-refractivity contribution is 7.92. The molecule has 2 atom stereocenters. The number of sulfonamides is 1. The second kappa shape index (κ2) is 11.4. The molecule has 0 aliphatic carbocycles. The zero-order chi connectivity index (χ0) is 25.6. The fourth-order valence-electron chi connectivity index (χ4n) is 3.19. The van der Waals surface area contributed by atoms with Crippen molar-refractivity contribution in [3.05, 3.63) is 65.2 Å². The summed E-state index contributed by atoms with van der Waals surface area (Å²) in [5.74, 6) is -3.42. The van der Waals surface area contributed by atoms with Crippen LogP contribution in [0, 0.1) is 18.6 Å². The van der Waals surface area contributed by atoms with Crippen LogP contribution in [-0.4, -0.2) is 50.0 Å². The third kappa shape index (κ3) is 7.24. The van der Waals surface area contributed by atoms with E-state index in [1.54, 1.807) is 6.92 Å². The van der Waals surface area contributed by atoms with Crippen molar-refractivity contribution >= 4 is 27.5 Å². The minimum absolute atomic E-state index is 0.0591. The molecule has 7 nitrogen and oxygen atoms in total. The summed E-state index contributed by atoms with van der Waals surface area (Å²) < 4.78 is 52.7. The Balaban J connectivity index is 2.39. The number of halogens is 2. The van der Waals surface area contributed by atoms with E-state index in [0.29, 0.717) is 16.8 Å². The number of hydrogen-bond donors (Lipinski definition) is 1. The molecule has 1 N–H and O–H groups in total. The summed E-state index contributed by atoms with van der Waals surface area (Å²) in [6.45, 7) is 6.61. The quantitative estimate of drug-likeness (QED) is 0.548. The molecule has 0 bridgehead atoms. The van der Waals surface area contributed by atoms with Gasteiger partial charge in [-0.2, -0.15) is 0 Å². The Morgan fingerprint density at radius 1 is 1.03 bits per heavy atom. The zero-order valence-corrected chi connectivity index (χ0v) is 20.8. The van der Waals surface area contributed by atoms with Crippen LogP contribution in [0.25, 0.3) is 0 Å². The molecule has 2 aromatic carbocycles. The Morgan fingerprint density at radius 3 is 2.18 bits per heavy atom. The van der Waals surface area contributed by atoms with Crippen LogP contribution in [0.5, 0.6) is 0 Å². The summed E-state index contributed by atoms with van der Waals surface area (Å²) in [4.78, 5) is 27.5. The van der Waals surface area contributed by atoms with Crippen molar-refractivity contribution in [1.82, 2.24) is 10.2 Å². The highest BCUT2D eigenvalue weighted by Gasteiger charge is 2.30. The Bertz CT molecular complexity index is 1120. The fourth-order valence-corrected chi connectivity index (χ4v) is 4.03. The normalized spacial score (nSPS) is 13.1. The van der Waals surface area contributed by atoms with Crippen molar-refractivity contribution in [2.75, 3.05) is 17.1 Å². The Morgan fingerprint density at radius 2 is 1.65 bits per heavy atom. The molecule has 0 aromatic heterocycles. The van der Waals surface area contributed by atoms with E-state index in [9.17, 15) is 26.8 Å². The maximum absolute atomic E-state index is 13.8. The molecule has 2 unspecified atom stereocenters. The van der Waals surface area contributed by atoms with Crippen molar-refractivity contribution in [3.8, 4) is 0 Å². The van der Waals surface area contributed by atoms with Crippen LogP contribution in [0.3, 0.4) is 0 Å². The lowest BCUT2D eigenvalue weighted by Gasteiger charge is -2.32. The smallest absolute Gasteiger partial charge is 0.244 e. The molecule has 0 saturated heterocycles. The number of rotatable bonds is 10. The highest BCUT2D eigenvalue weighted by atomic mass is 32.2. The second-order valence-electron chi connectivity index (χ2n) is 8.37. The third-order valence-electron chi connectivity index (χ3n) is 5.51. The van der Waals surface area contributed by atoms with Gasteiger partial charge < -0.3 is 10.2 Å². The van der Waals surface area contributed by atoms with Gasteiger partial charge in [0.25, 0.3) is 0 Å². The molecule has 0 radical (unpaired) electrons. The first-order chi connectivity index (χ1) is 15.8. The number of benzene rings is 2. The number of nitrogens with one attached hydrogen (secondary N) is 1. The SMILES string of the molecule is CCC(C)NC(=O)C(C)N(Cc1ccc(C)cc1)C(=O)CN(c1ccc(F)c(F)c1)S(C)(=O)=O. The number of amides is 2. The lowest BCUT2D eigenvalue weighted by atomic mass is 10.1. The molecule has 10 heteroatoms. The number of aryl methyl sites for hydroxylation is 1. The van der Waals surface area contributed by atoms with E-state index in [1.165, 1.54) is 4.90 Å². The molecule has 0 aliphatic rings. The Labute approximate surface area is 199 Å². The van der Waals surface area contributed by atoms with Crippen molar-refractivity contribution < 1.29 is 26.8 Å². The first kappa shape index (κ1) is 27.2. The van der Waals surface area contributed by atoms with Crippen LogP contribution < -0.4 is 9.62 Å². The lowest BCUT2D eigenvalue weighted by Crippen LogP contribution is -2.52. The summed E-state index contributed by atoms with van der Waals surface area (Å²) >= 11 is 0. The van der Waals surface area contributed by atoms with E-state index in [1.807, 2.05) is 45.0 Å². The van der Waals surface area contributed by atoms with Gasteiger partial charge in [0, 0.05) is 18.7 Å². The van der Waals surface area contributed by atoms with E-state index in [-0.39, 0.29) is 24.2 Å². The number of nitrogens with zero attached hydrogens (tertiary/aromatic N) is 2. The summed E-state index contributed by atoms with van der Waals surface area (Å²) in [6, 6.07) is 8.94. The summed E-state index contributed by atoms with van der Waals surface area (Å²) in [7, 11) is -4.03. The minimum atomic E-state index is -4.03. The van der Waals surface area contributed by atoms with Gasteiger partial charge in [0.1, 0.15) is 12.6 Å². The van der Waals surface area contributed by atoms with Gasteiger partial charge >= 0.3 is 0 Å². The van der Waals surface area contributed by atoms with Gasteiger partial charge in [0.15, 0.2) is 11.6 Å². The molecule has 186 valence electrons. The van der Waals surface area contributed by atoms with E-state index in [0.717, 1.165) is 29.5 Å². The fraction of sp³-hybridized carbons (Fsp3) is 0.417. The first-order valence-electron chi connectivity index (χ1n) is 10.9. The molecular weight excluding hydrogens is 464 g/mol. The molecule has 34 heavy (non-hydrogen) atoms. The molecule has 0 saturated carbocycles. The predicted molar refractivity (Wildman–Crippen MR) is 128 cm³/mol. The van der Waals surface area contributed by atoms with Gasteiger partial charge in [-0.05, 0) is 44.9 Å². The lowest BCUT2D eigenvalue weighted by molar-refractivity contribution is -0.139. The van der Waals surface area contributed by atoms with Gasteiger partial charge in [0.2, 0.25) is 21.8 Å². The van der Waals surface area contributed by atoms with Crippen molar-refractivity contribution in [2.24, 2.45) is 0 Å². The van der Waals surface area contributed by atoms with Crippen LogP contribution in [-0.2, 0) is 26.2 Å². The Hall–Kier alpha value is -3.01. The molecule has 0 spiro atoms. The molecule has 0 fully saturated rings. The largest absolute Gasteiger partial charge is 0.352 e. The topological polar surface area (TPSA) is 86.8 Å². The summed E-state index contributed by atoms with van der Waals surface area (Å²) in [5, 5.41) is 2.83. The Kier molecular flexibility index (Phi) is 9.14. The van der Waals surface area contributed by atoms with Crippen LogP contribution >= 0.6 is 0 Å². The molecular formula is C24H31F2N3O4S. The number of carbonyl (C=O) groups is 2. The van der Waals surface area contributed by atoms with Crippen molar-refractivity contribution in [2.45, 2.75) is 52.7 Å². The van der Waals surface area contributed by atoms with Gasteiger partial charge in [0.05, 0.1) is 11.9 Å². The minimum Gasteiger partial charge on any atom is -0.352 e. The first-order valence-corrected chi connectivity index (χ1v) is 12.8. The second-order valence-corrected chi connectivity index (χ2v) is 10.3. The molecule has 0 aliphatic heterocycles. The summed E-state index contributed by atoms with van der Waals surface area (Å²) in [5.41, 5.74) is 1.58. The molecule has 2 aromatic rings. The van der Waals surface area contributed by atoms with Gasteiger partial charge in [-0.15, -0.1) is 0 Å². The highest BCUT2D eigenvalue weighted by Crippen LogP contribution is 2.21. The summed E-state index contributed by atoms with van der Waals surface area (Å²) in [6.07, 6.45) is 1.56. The molecule has 2 rings (SSSR count).